The molecular weight excluding hydrogens is 226 g/mol. The molecule has 0 aliphatic carbocycles. The second-order valence-corrected chi connectivity index (χ2v) is 5.09. The number of anilines is 1. The number of piperidine rings is 1. The van der Waals surface area contributed by atoms with Crippen LogP contribution < -0.4 is 10.6 Å². The highest BCUT2D eigenvalue weighted by atomic mass is 16.5. The van der Waals surface area contributed by atoms with Gasteiger partial charge in [-0.3, -0.25) is 0 Å². The molecule has 100 valence electrons. The highest BCUT2D eigenvalue weighted by molar-refractivity contribution is 5.43. The molecule has 0 aromatic carbocycles. The maximum atomic E-state index is 5.73. The molecule has 0 saturated carbocycles. The first-order chi connectivity index (χ1) is 8.72. The standard InChI is InChI=1S/C14H23N3O/c1-11-6-13(8-15)7-14(16-11)17-5-3-4-12(9-17)10-18-2/h6-7,12H,3-5,8-10,15H2,1-2H3. The summed E-state index contributed by atoms with van der Waals surface area (Å²) in [5.74, 6) is 1.68. The van der Waals surface area contributed by atoms with Crippen molar-refractivity contribution in [3.05, 3.63) is 23.4 Å². The lowest BCUT2D eigenvalue weighted by atomic mass is 9.99. The molecule has 1 aliphatic rings. The van der Waals surface area contributed by atoms with Crippen molar-refractivity contribution < 1.29 is 4.74 Å². The SMILES string of the molecule is COCC1CCCN(c2cc(CN)cc(C)n2)C1. The van der Waals surface area contributed by atoms with Gasteiger partial charge >= 0.3 is 0 Å². The molecule has 2 heterocycles. The Bertz CT molecular complexity index is 393. The topological polar surface area (TPSA) is 51.4 Å². The van der Waals surface area contributed by atoms with E-state index in [1.165, 1.54) is 12.8 Å². The summed E-state index contributed by atoms with van der Waals surface area (Å²) in [7, 11) is 1.77. The Labute approximate surface area is 109 Å². The number of nitrogens with two attached hydrogens (primary N) is 1. The normalized spacial score (nSPS) is 20.2. The van der Waals surface area contributed by atoms with Gasteiger partial charge in [-0.2, -0.15) is 0 Å². The Morgan fingerprint density at radius 3 is 3.06 bits per heavy atom. The Morgan fingerprint density at radius 2 is 2.33 bits per heavy atom. The van der Waals surface area contributed by atoms with Gasteiger partial charge in [0, 0.05) is 32.4 Å². The molecule has 0 radical (unpaired) electrons. The molecule has 4 heteroatoms. The molecule has 1 aromatic heterocycles. The number of ether oxygens (including phenoxy) is 1. The Hall–Kier alpha value is -1.13. The second-order valence-electron chi connectivity index (χ2n) is 5.09. The van der Waals surface area contributed by atoms with Gasteiger partial charge in [0.05, 0.1) is 6.61 Å². The van der Waals surface area contributed by atoms with E-state index < -0.39 is 0 Å². The molecule has 1 aromatic rings. The van der Waals surface area contributed by atoms with E-state index in [1.54, 1.807) is 7.11 Å². The summed E-state index contributed by atoms with van der Waals surface area (Å²) in [5, 5.41) is 0. The van der Waals surface area contributed by atoms with E-state index in [-0.39, 0.29) is 0 Å². The molecule has 18 heavy (non-hydrogen) atoms. The Balaban J connectivity index is 2.12. The van der Waals surface area contributed by atoms with Crippen LogP contribution >= 0.6 is 0 Å². The van der Waals surface area contributed by atoms with Crippen molar-refractivity contribution in [3.63, 3.8) is 0 Å². The minimum Gasteiger partial charge on any atom is -0.384 e. The predicted molar refractivity (Wildman–Crippen MR) is 73.7 cm³/mol. The van der Waals surface area contributed by atoms with Crippen LogP contribution in [0.15, 0.2) is 12.1 Å². The van der Waals surface area contributed by atoms with Gasteiger partial charge in [0.1, 0.15) is 5.82 Å². The van der Waals surface area contributed by atoms with Crippen molar-refractivity contribution in [3.8, 4) is 0 Å². The van der Waals surface area contributed by atoms with Gasteiger partial charge in [-0.25, -0.2) is 4.98 Å². The quantitative estimate of drug-likeness (QED) is 0.882. The highest BCUT2D eigenvalue weighted by Gasteiger charge is 2.21. The number of methoxy groups -OCH3 is 1. The third kappa shape index (κ3) is 3.21. The first kappa shape index (κ1) is 13.3. The number of rotatable bonds is 4. The molecule has 1 aliphatic heterocycles. The summed E-state index contributed by atoms with van der Waals surface area (Å²) in [6.45, 7) is 5.56. The van der Waals surface area contributed by atoms with Gasteiger partial charge < -0.3 is 15.4 Å². The molecule has 2 rings (SSSR count). The van der Waals surface area contributed by atoms with Crippen LogP contribution in [0, 0.1) is 12.8 Å². The minimum absolute atomic E-state index is 0.575. The zero-order valence-corrected chi connectivity index (χ0v) is 11.4. The third-order valence-electron chi connectivity index (χ3n) is 3.48. The second kappa shape index (κ2) is 6.16. The molecule has 4 nitrogen and oxygen atoms in total. The van der Waals surface area contributed by atoms with Crippen LogP contribution in [-0.2, 0) is 11.3 Å². The van der Waals surface area contributed by atoms with Crippen molar-refractivity contribution in [1.82, 2.24) is 4.98 Å². The number of hydrogen-bond acceptors (Lipinski definition) is 4. The molecule has 0 bridgehead atoms. The smallest absolute Gasteiger partial charge is 0.129 e. The van der Waals surface area contributed by atoms with E-state index in [0.29, 0.717) is 12.5 Å². The van der Waals surface area contributed by atoms with Crippen LogP contribution in [0.4, 0.5) is 5.82 Å². The van der Waals surface area contributed by atoms with Crippen LogP contribution in [0.25, 0.3) is 0 Å². The van der Waals surface area contributed by atoms with Crippen molar-refractivity contribution >= 4 is 5.82 Å². The van der Waals surface area contributed by atoms with E-state index in [9.17, 15) is 0 Å². The Morgan fingerprint density at radius 1 is 1.50 bits per heavy atom. The number of hydrogen-bond donors (Lipinski definition) is 1. The average Bonchev–Trinajstić information content (AvgIpc) is 2.39. The van der Waals surface area contributed by atoms with Gasteiger partial charge in [-0.1, -0.05) is 0 Å². The number of aromatic nitrogens is 1. The summed E-state index contributed by atoms with van der Waals surface area (Å²) in [6.07, 6.45) is 2.46. The molecule has 1 unspecified atom stereocenters. The Kier molecular flexibility index (Phi) is 4.55. The monoisotopic (exact) mass is 249 g/mol. The van der Waals surface area contributed by atoms with E-state index in [2.05, 4.69) is 22.0 Å². The zero-order valence-electron chi connectivity index (χ0n) is 11.4. The molecule has 0 amide bonds. The van der Waals surface area contributed by atoms with Gasteiger partial charge in [0.2, 0.25) is 0 Å². The predicted octanol–water partition coefficient (Wildman–Crippen LogP) is 1.71. The molecule has 1 atom stereocenters. The van der Waals surface area contributed by atoms with Crippen molar-refractivity contribution in [2.45, 2.75) is 26.3 Å². The van der Waals surface area contributed by atoms with Crippen molar-refractivity contribution in [1.29, 1.82) is 0 Å². The number of aryl methyl sites for hydroxylation is 1. The number of nitrogens with zero attached hydrogens (tertiary/aromatic N) is 2. The zero-order chi connectivity index (χ0) is 13.0. The van der Waals surface area contributed by atoms with Crippen molar-refractivity contribution in [2.75, 3.05) is 31.7 Å². The van der Waals surface area contributed by atoms with Crippen LogP contribution in [0.3, 0.4) is 0 Å². The van der Waals surface area contributed by atoms with Crippen LogP contribution in [0.5, 0.6) is 0 Å². The van der Waals surface area contributed by atoms with Crippen molar-refractivity contribution in [2.24, 2.45) is 11.7 Å². The summed E-state index contributed by atoms with van der Waals surface area (Å²) >= 11 is 0. The van der Waals surface area contributed by atoms with Gasteiger partial charge in [0.25, 0.3) is 0 Å². The molecular formula is C14H23N3O. The summed E-state index contributed by atoms with van der Waals surface area (Å²) in [6, 6.07) is 4.17. The van der Waals surface area contributed by atoms with Crippen LogP contribution in [-0.4, -0.2) is 31.8 Å². The molecule has 0 spiro atoms. The first-order valence-corrected chi connectivity index (χ1v) is 6.64. The van der Waals surface area contributed by atoms with E-state index in [1.807, 2.05) is 6.92 Å². The maximum Gasteiger partial charge on any atom is 0.129 e. The molecule has 2 N–H and O–H groups in total. The van der Waals surface area contributed by atoms with Crippen LogP contribution in [0.1, 0.15) is 24.1 Å². The van der Waals surface area contributed by atoms with Gasteiger partial charge in [0.15, 0.2) is 0 Å². The maximum absolute atomic E-state index is 5.73. The average molecular weight is 249 g/mol. The van der Waals surface area contributed by atoms with E-state index >= 15 is 0 Å². The van der Waals surface area contributed by atoms with Gasteiger partial charge in [-0.05, 0) is 43.4 Å². The fourth-order valence-electron chi connectivity index (χ4n) is 2.65. The lowest BCUT2D eigenvalue weighted by molar-refractivity contribution is 0.143. The van der Waals surface area contributed by atoms with E-state index in [0.717, 1.165) is 36.8 Å². The van der Waals surface area contributed by atoms with Gasteiger partial charge in [-0.15, -0.1) is 0 Å². The van der Waals surface area contributed by atoms with Crippen LogP contribution in [0.2, 0.25) is 0 Å². The minimum atomic E-state index is 0.575. The highest BCUT2D eigenvalue weighted by Crippen LogP contribution is 2.23. The summed E-state index contributed by atoms with van der Waals surface area (Å²) < 4.78 is 5.27. The largest absolute Gasteiger partial charge is 0.384 e. The fourth-order valence-corrected chi connectivity index (χ4v) is 2.65. The molecule has 1 fully saturated rings. The fraction of sp³-hybridized carbons (Fsp3) is 0.643. The summed E-state index contributed by atoms with van der Waals surface area (Å²) in [5.41, 5.74) is 7.93. The molecule has 1 saturated heterocycles. The first-order valence-electron chi connectivity index (χ1n) is 6.64. The third-order valence-corrected chi connectivity index (χ3v) is 3.48. The summed E-state index contributed by atoms with van der Waals surface area (Å²) in [4.78, 5) is 6.99. The lowest BCUT2D eigenvalue weighted by Gasteiger charge is -2.33. The number of pyridine rings is 1. The van der Waals surface area contributed by atoms with E-state index in [4.69, 9.17) is 10.5 Å². The lowest BCUT2D eigenvalue weighted by Crippen LogP contribution is -2.37.